The van der Waals surface area contributed by atoms with Crippen molar-refractivity contribution in [2.45, 2.75) is 19.9 Å². The van der Waals surface area contributed by atoms with Gasteiger partial charge in [-0.2, -0.15) is 5.10 Å². The fourth-order valence-corrected chi connectivity index (χ4v) is 2.41. The Kier molecular flexibility index (Phi) is 4.01. The Labute approximate surface area is 128 Å². The van der Waals surface area contributed by atoms with Crippen LogP contribution in [0.1, 0.15) is 18.9 Å². The standard InChI is InChI=1S/C15H16ClN5/c1-2-6-17-14-13-8-20-21(15(13)19-10-18-14)9-11-4-3-5-12(16)7-11/h3-5,7-8,10H,2,6,9H2,1H3,(H,17,18,19). The third-order valence-corrected chi connectivity index (χ3v) is 3.43. The molecule has 5 nitrogen and oxygen atoms in total. The quantitative estimate of drug-likeness (QED) is 0.785. The average Bonchev–Trinajstić information content (AvgIpc) is 2.89. The summed E-state index contributed by atoms with van der Waals surface area (Å²) >= 11 is 6.02. The molecule has 0 saturated carbocycles. The molecular formula is C15H16ClN5. The first-order valence-electron chi connectivity index (χ1n) is 6.92. The van der Waals surface area contributed by atoms with Crippen molar-refractivity contribution in [2.75, 3.05) is 11.9 Å². The van der Waals surface area contributed by atoms with Gasteiger partial charge in [0.1, 0.15) is 12.1 Å². The van der Waals surface area contributed by atoms with Crippen LogP contribution in [0.15, 0.2) is 36.8 Å². The second-order valence-corrected chi connectivity index (χ2v) is 5.25. The summed E-state index contributed by atoms with van der Waals surface area (Å²) in [5.74, 6) is 0.833. The Bertz CT molecular complexity index is 753. The van der Waals surface area contributed by atoms with Crippen molar-refractivity contribution in [1.82, 2.24) is 19.7 Å². The second kappa shape index (κ2) is 6.10. The average molecular weight is 302 g/mol. The summed E-state index contributed by atoms with van der Waals surface area (Å²) in [5, 5.41) is 9.38. The first-order valence-corrected chi connectivity index (χ1v) is 7.30. The number of aromatic nitrogens is 4. The molecule has 3 rings (SSSR count). The Balaban J connectivity index is 1.93. The van der Waals surface area contributed by atoms with Crippen molar-refractivity contribution in [3.05, 3.63) is 47.4 Å². The van der Waals surface area contributed by atoms with Crippen LogP contribution in [0.4, 0.5) is 5.82 Å². The minimum Gasteiger partial charge on any atom is -0.369 e. The maximum absolute atomic E-state index is 6.02. The number of halogens is 1. The summed E-state index contributed by atoms with van der Waals surface area (Å²) in [7, 11) is 0. The van der Waals surface area contributed by atoms with Crippen LogP contribution >= 0.6 is 11.6 Å². The molecule has 0 saturated heterocycles. The molecule has 3 aromatic rings. The first kappa shape index (κ1) is 13.8. The number of hydrogen-bond acceptors (Lipinski definition) is 4. The molecular weight excluding hydrogens is 286 g/mol. The molecule has 21 heavy (non-hydrogen) atoms. The normalized spacial score (nSPS) is 11.0. The minimum absolute atomic E-state index is 0.633. The molecule has 0 radical (unpaired) electrons. The van der Waals surface area contributed by atoms with Gasteiger partial charge in [0.15, 0.2) is 5.65 Å². The fourth-order valence-electron chi connectivity index (χ4n) is 2.20. The van der Waals surface area contributed by atoms with Gasteiger partial charge in [-0.15, -0.1) is 0 Å². The van der Waals surface area contributed by atoms with E-state index >= 15 is 0 Å². The largest absolute Gasteiger partial charge is 0.369 e. The van der Waals surface area contributed by atoms with Crippen molar-refractivity contribution in [3.8, 4) is 0 Å². The van der Waals surface area contributed by atoms with Crippen LogP contribution in [-0.4, -0.2) is 26.3 Å². The monoisotopic (exact) mass is 301 g/mol. The molecule has 0 fully saturated rings. The van der Waals surface area contributed by atoms with Gasteiger partial charge in [0.05, 0.1) is 18.1 Å². The zero-order valence-corrected chi connectivity index (χ0v) is 12.5. The molecule has 0 aliphatic rings. The molecule has 6 heteroatoms. The Morgan fingerprint density at radius 1 is 1.29 bits per heavy atom. The first-order chi connectivity index (χ1) is 10.3. The molecule has 0 aliphatic carbocycles. The lowest BCUT2D eigenvalue weighted by Gasteiger charge is -2.06. The third kappa shape index (κ3) is 2.97. The zero-order valence-electron chi connectivity index (χ0n) is 11.8. The number of benzene rings is 1. The molecule has 2 aromatic heterocycles. The lowest BCUT2D eigenvalue weighted by atomic mass is 10.2. The summed E-state index contributed by atoms with van der Waals surface area (Å²) in [4.78, 5) is 8.63. The lowest BCUT2D eigenvalue weighted by Crippen LogP contribution is -2.05. The van der Waals surface area contributed by atoms with Crippen molar-refractivity contribution in [1.29, 1.82) is 0 Å². The molecule has 0 amide bonds. The third-order valence-electron chi connectivity index (χ3n) is 3.20. The van der Waals surface area contributed by atoms with Crippen LogP contribution in [0, 0.1) is 0 Å². The maximum atomic E-state index is 6.02. The second-order valence-electron chi connectivity index (χ2n) is 4.82. The summed E-state index contributed by atoms with van der Waals surface area (Å²) < 4.78 is 1.86. The summed E-state index contributed by atoms with van der Waals surface area (Å²) in [6, 6.07) is 7.76. The highest BCUT2D eigenvalue weighted by atomic mass is 35.5. The highest BCUT2D eigenvalue weighted by molar-refractivity contribution is 6.30. The van der Waals surface area contributed by atoms with Gasteiger partial charge in [0.2, 0.25) is 0 Å². The Morgan fingerprint density at radius 2 is 2.19 bits per heavy atom. The van der Waals surface area contributed by atoms with Crippen molar-refractivity contribution >= 4 is 28.5 Å². The van der Waals surface area contributed by atoms with Gasteiger partial charge in [-0.25, -0.2) is 14.6 Å². The minimum atomic E-state index is 0.633. The molecule has 2 heterocycles. The van der Waals surface area contributed by atoms with E-state index < -0.39 is 0 Å². The number of rotatable bonds is 5. The van der Waals surface area contributed by atoms with Crippen LogP contribution in [0.2, 0.25) is 5.02 Å². The van der Waals surface area contributed by atoms with E-state index in [1.807, 2.05) is 28.9 Å². The van der Waals surface area contributed by atoms with Gasteiger partial charge in [-0.1, -0.05) is 30.7 Å². The molecule has 0 aliphatic heterocycles. The van der Waals surface area contributed by atoms with E-state index in [9.17, 15) is 0 Å². The van der Waals surface area contributed by atoms with Crippen LogP contribution in [-0.2, 0) is 6.54 Å². The van der Waals surface area contributed by atoms with Crippen molar-refractivity contribution in [3.63, 3.8) is 0 Å². The van der Waals surface area contributed by atoms with E-state index in [4.69, 9.17) is 11.6 Å². The number of nitrogens with one attached hydrogen (secondary N) is 1. The number of fused-ring (bicyclic) bond motifs is 1. The van der Waals surface area contributed by atoms with Gasteiger partial charge in [0, 0.05) is 11.6 Å². The number of anilines is 1. The molecule has 0 bridgehead atoms. The van der Waals surface area contributed by atoms with Gasteiger partial charge in [-0.3, -0.25) is 0 Å². The molecule has 0 atom stereocenters. The predicted molar refractivity (Wildman–Crippen MR) is 84.7 cm³/mol. The summed E-state index contributed by atoms with van der Waals surface area (Å²) in [6.45, 7) is 3.63. The van der Waals surface area contributed by atoms with Crippen LogP contribution in [0.5, 0.6) is 0 Å². The predicted octanol–water partition coefficient (Wildman–Crippen LogP) is 3.35. The van der Waals surface area contributed by atoms with Crippen LogP contribution < -0.4 is 5.32 Å². The van der Waals surface area contributed by atoms with E-state index in [1.54, 1.807) is 12.5 Å². The number of hydrogen-bond donors (Lipinski definition) is 1. The van der Waals surface area contributed by atoms with Crippen LogP contribution in [0.25, 0.3) is 11.0 Å². The van der Waals surface area contributed by atoms with Crippen LogP contribution in [0.3, 0.4) is 0 Å². The Morgan fingerprint density at radius 3 is 3.00 bits per heavy atom. The summed E-state index contributed by atoms with van der Waals surface area (Å²) in [5.41, 5.74) is 1.91. The van der Waals surface area contributed by atoms with E-state index in [2.05, 4.69) is 27.3 Å². The molecule has 0 spiro atoms. The van der Waals surface area contributed by atoms with E-state index in [0.717, 1.165) is 40.4 Å². The molecule has 108 valence electrons. The topological polar surface area (TPSA) is 55.6 Å². The SMILES string of the molecule is CCCNc1ncnc2c1cnn2Cc1cccc(Cl)c1. The molecule has 1 N–H and O–H groups in total. The highest BCUT2D eigenvalue weighted by Crippen LogP contribution is 2.20. The van der Waals surface area contributed by atoms with E-state index in [1.165, 1.54) is 0 Å². The molecule has 0 unspecified atom stereocenters. The summed E-state index contributed by atoms with van der Waals surface area (Å²) in [6.07, 6.45) is 4.41. The number of nitrogens with zero attached hydrogens (tertiary/aromatic N) is 4. The zero-order chi connectivity index (χ0) is 14.7. The maximum Gasteiger partial charge on any atom is 0.163 e. The fraction of sp³-hybridized carbons (Fsp3) is 0.267. The lowest BCUT2D eigenvalue weighted by molar-refractivity contribution is 0.704. The van der Waals surface area contributed by atoms with Gasteiger partial charge in [-0.05, 0) is 24.1 Å². The van der Waals surface area contributed by atoms with Crippen molar-refractivity contribution in [2.24, 2.45) is 0 Å². The highest BCUT2D eigenvalue weighted by Gasteiger charge is 2.09. The van der Waals surface area contributed by atoms with E-state index in [0.29, 0.717) is 6.54 Å². The Hall–Kier alpha value is -2.14. The van der Waals surface area contributed by atoms with Gasteiger partial charge >= 0.3 is 0 Å². The smallest absolute Gasteiger partial charge is 0.163 e. The van der Waals surface area contributed by atoms with E-state index in [-0.39, 0.29) is 0 Å². The molecule has 1 aromatic carbocycles. The van der Waals surface area contributed by atoms with Crippen molar-refractivity contribution < 1.29 is 0 Å². The van der Waals surface area contributed by atoms with Gasteiger partial charge in [0.25, 0.3) is 0 Å². The van der Waals surface area contributed by atoms with Gasteiger partial charge < -0.3 is 5.32 Å².